The van der Waals surface area contributed by atoms with Gasteiger partial charge in [-0.3, -0.25) is 4.79 Å². The second kappa shape index (κ2) is 8.91. The molecule has 5 heteroatoms. The Bertz CT molecular complexity index is 688. The van der Waals surface area contributed by atoms with Gasteiger partial charge in [0, 0.05) is 13.0 Å². The number of nitrogens with one attached hydrogen (secondary N) is 1. The predicted octanol–water partition coefficient (Wildman–Crippen LogP) is 3.48. The molecule has 0 aromatic heterocycles. The molecule has 0 radical (unpaired) electrons. The van der Waals surface area contributed by atoms with Crippen LogP contribution in [0.3, 0.4) is 0 Å². The Balaban J connectivity index is 1.87. The molecule has 0 saturated heterocycles. The van der Waals surface area contributed by atoms with Crippen molar-refractivity contribution in [2.45, 2.75) is 26.3 Å². The van der Waals surface area contributed by atoms with Crippen LogP contribution in [-0.4, -0.2) is 19.6 Å². The summed E-state index contributed by atoms with van der Waals surface area (Å²) in [6.07, 6.45) is 0.626. The molecule has 1 N–H and O–H groups in total. The summed E-state index contributed by atoms with van der Waals surface area (Å²) >= 11 is 0. The van der Waals surface area contributed by atoms with E-state index in [0.717, 1.165) is 5.56 Å². The van der Waals surface area contributed by atoms with Crippen LogP contribution in [0.4, 0.5) is 4.39 Å². The van der Waals surface area contributed by atoms with Gasteiger partial charge in [-0.15, -0.1) is 0 Å². The van der Waals surface area contributed by atoms with Crippen molar-refractivity contribution in [2.75, 3.05) is 13.7 Å². The monoisotopic (exact) mass is 331 g/mol. The van der Waals surface area contributed by atoms with E-state index in [4.69, 9.17) is 9.47 Å². The maximum Gasteiger partial charge on any atom is 0.220 e. The number of hydrogen-bond acceptors (Lipinski definition) is 3. The zero-order valence-corrected chi connectivity index (χ0v) is 14.0. The third-order valence-electron chi connectivity index (χ3n) is 3.60. The van der Waals surface area contributed by atoms with Crippen LogP contribution in [0.5, 0.6) is 11.5 Å². The maximum absolute atomic E-state index is 13.5. The number of halogens is 1. The summed E-state index contributed by atoms with van der Waals surface area (Å²) in [6, 6.07) is 12.0. The molecule has 0 saturated carbocycles. The second-order valence-electron chi connectivity index (χ2n) is 5.29. The molecule has 0 heterocycles. The van der Waals surface area contributed by atoms with Crippen molar-refractivity contribution in [3.8, 4) is 11.5 Å². The topological polar surface area (TPSA) is 47.6 Å². The largest absolute Gasteiger partial charge is 0.493 e. The molecule has 0 fully saturated rings. The molecule has 4 nitrogen and oxygen atoms in total. The minimum Gasteiger partial charge on any atom is -0.493 e. The summed E-state index contributed by atoms with van der Waals surface area (Å²) < 4.78 is 24.3. The molecule has 2 aromatic rings. The van der Waals surface area contributed by atoms with Gasteiger partial charge in [0.25, 0.3) is 0 Å². The van der Waals surface area contributed by atoms with E-state index in [0.29, 0.717) is 36.6 Å². The van der Waals surface area contributed by atoms with Gasteiger partial charge in [-0.1, -0.05) is 24.3 Å². The second-order valence-corrected chi connectivity index (χ2v) is 5.29. The summed E-state index contributed by atoms with van der Waals surface area (Å²) in [7, 11) is 1.59. The van der Waals surface area contributed by atoms with Crippen molar-refractivity contribution in [3.05, 3.63) is 59.4 Å². The molecule has 0 aliphatic heterocycles. The number of benzene rings is 2. The number of carbonyl (C=O) groups is 1. The molecule has 24 heavy (non-hydrogen) atoms. The van der Waals surface area contributed by atoms with Crippen LogP contribution in [0.15, 0.2) is 42.5 Å². The number of amides is 1. The lowest BCUT2D eigenvalue weighted by Gasteiger charge is -2.11. The average Bonchev–Trinajstić information content (AvgIpc) is 2.60. The first-order valence-electron chi connectivity index (χ1n) is 7.93. The van der Waals surface area contributed by atoms with Crippen LogP contribution in [0, 0.1) is 5.82 Å². The van der Waals surface area contributed by atoms with E-state index in [1.165, 1.54) is 6.07 Å². The van der Waals surface area contributed by atoms with Gasteiger partial charge in [-0.25, -0.2) is 4.39 Å². The Labute approximate surface area is 141 Å². The smallest absolute Gasteiger partial charge is 0.220 e. The van der Waals surface area contributed by atoms with Crippen molar-refractivity contribution < 1.29 is 18.7 Å². The first kappa shape index (κ1) is 17.8. The van der Waals surface area contributed by atoms with E-state index in [2.05, 4.69) is 5.32 Å². The lowest BCUT2D eigenvalue weighted by Crippen LogP contribution is -2.23. The molecular weight excluding hydrogens is 309 g/mol. The van der Waals surface area contributed by atoms with Gasteiger partial charge in [0.1, 0.15) is 5.82 Å². The number of methoxy groups -OCH3 is 1. The fourth-order valence-corrected chi connectivity index (χ4v) is 2.34. The van der Waals surface area contributed by atoms with Gasteiger partial charge in [-0.05, 0) is 42.7 Å². The molecule has 0 bridgehead atoms. The van der Waals surface area contributed by atoms with Gasteiger partial charge in [-0.2, -0.15) is 0 Å². The summed E-state index contributed by atoms with van der Waals surface area (Å²) in [6.45, 7) is 2.82. The SMILES string of the molecule is CCOc1cc(CNC(=O)CCc2ccccc2F)ccc1OC. The minimum absolute atomic E-state index is 0.118. The first-order chi connectivity index (χ1) is 11.6. The van der Waals surface area contributed by atoms with Crippen molar-refractivity contribution in [1.82, 2.24) is 5.32 Å². The van der Waals surface area contributed by atoms with E-state index < -0.39 is 0 Å². The summed E-state index contributed by atoms with van der Waals surface area (Å²) in [5, 5.41) is 2.84. The molecule has 2 rings (SSSR count). The molecule has 0 unspecified atom stereocenters. The number of hydrogen-bond donors (Lipinski definition) is 1. The third-order valence-corrected chi connectivity index (χ3v) is 3.60. The molecule has 2 aromatic carbocycles. The Kier molecular flexibility index (Phi) is 6.61. The molecular formula is C19H22FNO3. The van der Waals surface area contributed by atoms with E-state index in [-0.39, 0.29) is 18.1 Å². The Hall–Kier alpha value is -2.56. The van der Waals surface area contributed by atoms with Crippen LogP contribution in [0.25, 0.3) is 0 Å². The fourth-order valence-electron chi connectivity index (χ4n) is 2.34. The van der Waals surface area contributed by atoms with Crippen molar-refractivity contribution >= 4 is 5.91 Å². The third kappa shape index (κ3) is 4.98. The number of carbonyl (C=O) groups excluding carboxylic acids is 1. The Morgan fingerprint density at radius 1 is 1.17 bits per heavy atom. The van der Waals surface area contributed by atoms with E-state index in [1.807, 2.05) is 25.1 Å². The van der Waals surface area contributed by atoms with Crippen molar-refractivity contribution in [1.29, 1.82) is 0 Å². The van der Waals surface area contributed by atoms with Crippen LogP contribution < -0.4 is 14.8 Å². The van der Waals surface area contributed by atoms with Gasteiger partial charge in [0.2, 0.25) is 5.91 Å². The van der Waals surface area contributed by atoms with E-state index in [1.54, 1.807) is 25.3 Å². The zero-order chi connectivity index (χ0) is 17.4. The zero-order valence-electron chi connectivity index (χ0n) is 14.0. The van der Waals surface area contributed by atoms with Crippen LogP contribution >= 0.6 is 0 Å². The number of ether oxygens (including phenoxy) is 2. The average molecular weight is 331 g/mol. The molecule has 0 atom stereocenters. The minimum atomic E-state index is -0.276. The predicted molar refractivity (Wildman–Crippen MR) is 90.7 cm³/mol. The highest BCUT2D eigenvalue weighted by Gasteiger charge is 2.08. The fraction of sp³-hybridized carbons (Fsp3) is 0.316. The molecule has 0 aliphatic rings. The van der Waals surface area contributed by atoms with Crippen molar-refractivity contribution in [2.24, 2.45) is 0 Å². The van der Waals surface area contributed by atoms with Crippen LogP contribution in [0.1, 0.15) is 24.5 Å². The Morgan fingerprint density at radius 2 is 1.96 bits per heavy atom. The van der Waals surface area contributed by atoms with Gasteiger partial charge in [0.15, 0.2) is 11.5 Å². The molecule has 1 amide bonds. The quantitative estimate of drug-likeness (QED) is 0.805. The number of rotatable bonds is 8. The van der Waals surface area contributed by atoms with E-state index >= 15 is 0 Å². The maximum atomic E-state index is 13.5. The molecule has 128 valence electrons. The van der Waals surface area contributed by atoms with Crippen LogP contribution in [-0.2, 0) is 17.8 Å². The normalized spacial score (nSPS) is 10.3. The molecule has 0 spiro atoms. The lowest BCUT2D eigenvalue weighted by atomic mass is 10.1. The van der Waals surface area contributed by atoms with Crippen LogP contribution in [0.2, 0.25) is 0 Å². The highest BCUT2D eigenvalue weighted by molar-refractivity contribution is 5.76. The summed E-state index contributed by atoms with van der Waals surface area (Å²) in [4.78, 5) is 11.9. The standard InChI is InChI=1S/C19H22FNO3/c1-3-24-18-12-14(8-10-17(18)23-2)13-21-19(22)11-9-15-6-4-5-7-16(15)20/h4-8,10,12H,3,9,11,13H2,1-2H3,(H,21,22). The summed E-state index contributed by atoms with van der Waals surface area (Å²) in [5.41, 5.74) is 1.47. The Morgan fingerprint density at radius 3 is 2.67 bits per heavy atom. The number of aryl methyl sites for hydroxylation is 1. The molecule has 0 aliphatic carbocycles. The van der Waals surface area contributed by atoms with E-state index in [9.17, 15) is 9.18 Å². The first-order valence-corrected chi connectivity index (χ1v) is 7.93. The van der Waals surface area contributed by atoms with Crippen molar-refractivity contribution in [3.63, 3.8) is 0 Å². The summed E-state index contributed by atoms with van der Waals surface area (Å²) in [5.74, 6) is 0.915. The van der Waals surface area contributed by atoms with Gasteiger partial charge < -0.3 is 14.8 Å². The van der Waals surface area contributed by atoms with Gasteiger partial charge in [0.05, 0.1) is 13.7 Å². The highest BCUT2D eigenvalue weighted by atomic mass is 19.1. The highest BCUT2D eigenvalue weighted by Crippen LogP contribution is 2.27. The van der Waals surface area contributed by atoms with Gasteiger partial charge >= 0.3 is 0 Å². The lowest BCUT2D eigenvalue weighted by molar-refractivity contribution is -0.121.